The molecule has 0 aliphatic carbocycles. The van der Waals surface area contributed by atoms with Crippen LogP contribution >= 0.6 is 0 Å². The monoisotopic (exact) mass is 459 g/mol. The Kier molecular flexibility index (Phi) is 12.9. The Balaban J connectivity index is 0.00000324. The van der Waals surface area contributed by atoms with Crippen LogP contribution in [0.2, 0.25) is 0 Å². The summed E-state index contributed by atoms with van der Waals surface area (Å²) in [7, 11) is 0. The molecule has 0 spiro atoms. The normalized spacial score (nSPS) is 10.0. The molecule has 0 fully saturated rings. The van der Waals surface area contributed by atoms with E-state index in [0.29, 0.717) is 0 Å². The molecule has 0 saturated carbocycles. The molecule has 0 N–H and O–H groups in total. The summed E-state index contributed by atoms with van der Waals surface area (Å²) in [5.41, 5.74) is 1.44. The minimum absolute atomic E-state index is 0. The maximum atomic E-state index is 5.44. The van der Waals surface area contributed by atoms with Crippen LogP contribution in [0.4, 0.5) is 0 Å². The second-order valence-electron chi connectivity index (χ2n) is 4.95. The van der Waals surface area contributed by atoms with Crippen molar-refractivity contribution in [1.29, 1.82) is 0 Å². The fraction of sp³-hybridized carbons (Fsp3) is 0.647. The predicted octanol–water partition coefficient (Wildman–Crippen LogP) is 4.46. The van der Waals surface area contributed by atoms with Crippen LogP contribution in [-0.4, -0.2) is 33.2 Å². The second-order valence-corrected chi connectivity index (χ2v) is 4.95. The van der Waals surface area contributed by atoms with E-state index in [-0.39, 0.29) is 26.6 Å². The predicted molar refractivity (Wildman–Crippen MR) is 87.9 cm³/mol. The van der Waals surface area contributed by atoms with Crippen LogP contribution in [0.5, 0.6) is 5.75 Å². The van der Waals surface area contributed by atoms with E-state index in [4.69, 9.17) is 4.74 Å². The zero-order chi connectivity index (χ0) is 13.1. The molecular formula is C17H30OPo. The molecule has 0 atom stereocenters. The number of rotatable bonds is 10. The van der Waals surface area contributed by atoms with E-state index in [2.05, 4.69) is 31.2 Å². The number of benzene rings is 1. The average molecular weight is 459 g/mol. The van der Waals surface area contributed by atoms with Gasteiger partial charge < -0.3 is 4.74 Å². The molecular weight excluding hydrogens is 429 g/mol. The van der Waals surface area contributed by atoms with Crippen molar-refractivity contribution in [3.63, 3.8) is 0 Å². The van der Waals surface area contributed by atoms with Gasteiger partial charge in [-0.1, -0.05) is 57.6 Å². The van der Waals surface area contributed by atoms with E-state index >= 15 is 0 Å². The van der Waals surface area contributed by atoms with Gasteiger partial charge in [-0.3, -0.25) is 0 Å². The molecule has 0 heterocycles. The van der Waals surface area contributed by atoms with Crippen molar-refractivity contribution in [3.05, 3.63) is 29.8 Å². The van der Waals surface area contributed by atoms with Crippen molar-refractivity contribution < 1.29 is 4.74 Å². The topological polar surface area (TPSA) is 9.23 Å². The number of hydrogen-bond acceptors (Lipinski definition) is 1. The van der Waals surface area contributed by atoms with Gasteiger partial charge in [0.1, 0.15) is 5.75 Å². The van der Waals surface area contributed by atoms with E-state index in [1.165, 1.54) is 56.9 Å². The number of ether oxygens (including phenoxy) is 1. The first kappa shape index (κ1) is 18.9. The van der Waals surface area contributed by atoms with Crippen LogP contribution in [0, 0.1) is 0 Å². The third-order valence-electron chi connectivity index (χ3n) is 3.30. The first-order valence-corrected chi connectivity index (χ1v) is 7.58. The van der Waals surface area contributed by atoms with Crippen molar-refractivity contribution in [3.8, 4) is 5.75 Å². The molecule has 0 unspecified atom stereocenters. The zero-order valence-electron chi connectivity index (χ0n) is 12.6. The molecule has 1 aromatic rings. The van der Waals surface area contributed by atoms with Gasteiger partial charge in [0.25, 0.3) is 0 Å². The van der Waals surface area contributed by atoms with Gasteiger partial charge in [0.05, 0.1) is 6.61 Å². The summed E-state index contributed by atoms with van der Waals surface area (Å²) in [6, 6.07) is 8.56. The summed E-state index contributed by atoms with van der Waals surface area (Å²) in [6.45, 7) is 5.04. The van der Waals surface area contributed by atoms with Gasteiger partial charge in [-0.2, -0.15) is 0 Å². The molecule has 1 rings (SSSR count). The van der Waals surface area contributed by atoms with Crippen LogP contribution in [-0.2, 0) is 6.42 Å². The van der Waals surface area contributed by atoms with Crippen LogP contribution in [0.15, 0.2) is 24.3 Å². The van der Waals surface area contributed by atoms with Crippen LogP contribution < -0.4 is 4.74 Å². The fourth-order valence-electron chi connectivity index (χ4n) is 2.21. The van der Waals surface area contributed by atoms with Crippen LogP contribution in [0.25, 0.3) is 0 Å². The average Bonchev–Trinajstić information content (AvgIpc) is 2.40. The van der Waals surface area contributed by atoms with Gasteiger partial charge in [-0.25, -0.2) is 0 Å². The van der Waals surface area contributed by atoms with E-state index in [9.17, 15) is 0 Å². The molecule has 1 aromatic carbocycles. The second kappa shape index (κ2) is 12.9. The van der Waals surface area contributed by atoms with E-state index in [1.807, 2.05) is 6.92 Å². The number of unbranched alkanes of at least 4 members (excludes halogenated alkanes) is 6. The van der Waals surface area contributed by atoms with Crippen molar-refractivity contribution in [2.24, 2.45) is 0 Å². The van der Waals surface area contributed by atoms with Gasteiger partial charge >= 0.3 is 26.6 Å². The minimum atomic E-state index is 0. The van der Waals surface area contributed by atoms with E-state index in [0.717, 1.165) is 12.4 Å². The zero-order valence-corrected chi connectivity index (χ0v) is 16.5. The number of aryl methyl sites for hydroxylation is 1. The third kappa shape index (κ3) is 9.45. The van der Waals surface area contributed by atoms with Crippen molar-refractivity contribution in [2.45, 2.75) is 65.2 Å². The molecule has 0 radical (unpaired) electrons. The van der Waals surface area contributed by atoms with Crippen molar-refractivity contribution in [2.75, 3.05) is 6.61 Å². The Morgan fingerprint density at radius 2 is 1.37 bits per heavy atom. The summed E-state index contributed by atoms with van der Waals surface area (Å²) in [6.07, 6.45) is 10.9. The Hall–Kier alpha value is -0.0839. The molecule has 110 valence electrons. The SMILES string of the molecule is CCCCCCCCCc1ccc(OCC)cc1.[PoH2]. The van der Waals surface area contributed by atoms with Gasteiger partial charge in [-0.05, 0) is 37.5 Å². The van der Waals surface area contributed by atoms with Crippen molar-refractivity contribution >= 4 is 26.6 Å². The van der Waals surface area contributed by atoms with Crippen LogP contribution in [0.3, 0.4) is 0 Å². The summed E-state index contributed by atoms with van der Waals surface area (Å²) in [4.78, 5) is 0. The molecule has 19 heavy (non-hydrogen) atoms. The first-order valence-electron chi connectivity index (χ1n) is 7.58. The molecule has 1 nitrogen and oxygen atoms in total. The molecule has 0 saturated heterocycles. The molecule has 0 aliphatic heterocycles. The Bertz CT molecular complexity index is 295. The van der Waals surface area contributed by atoms with Gasteiger partial charge in [0, 0.05) is 0 Å². The summed E-state index contributed by atoms with van der Waals surface area (Å²) >= 11 is 0. The van der Waals surface area contributed by atoms with Crippen molar-refractivity contribution in [1.82, 2.24) is 0 Å². The Labute approximate surface area is 138 Å². The van der Waals surface area contributed by atoms with Gasteiger partial charge in [0.2, 0.25) is 0 Å². The Morgan fingerprint density at radius 1 is 0.789 bits per heavy atom. The van der Waals surface area contributed by atoms with Gasteiger partial charge in [0.15, 0.2) is 0 Å². The molecule has 2 heteroatoms. The standard InChI is InChI=1S/C17H28O.Po.2H/c1-3-5-6-7-8-9-10-11-16-12-14-17(15-13-16)18-4-2;;;/h12-15H,3-11H2,1-2H3;;;. The van der Waals surface area contributed by atoms with E-state index < -0.39 is 0 Å². The van der Waals surface area contributed by atoms with Gasteiger partial charge in [-0.15, -0.1) is 0 Å². The molecule has 0 amide bonds. The number of hydrogen-bond donors (Lipinski definition) is 0. The Morgan fingerprint density at radius 3 is 1.95 bits per heavy atom. The van der Waals surface area contributed by atoms with Crippen LogP contribution in [0.1, 0.15) is 64.4 Å². The summed E-state index contributed by atoms with van der Waals surface area (Å²) in [5.74, 6) is 0.987. The third-order valence-corrected chi connectivity index (χ3v) is 3.30. The molecule has 0 aromatic heterocycles. The van der Waals surface area contributed by atoms with E-state index in [1.54, 1.807) is 0 Å². The summed E-state index contributed by atoms with van der Waals surface area (Å²) < 4.78 is 5.44. The quantitative estimate of drug-likeness (QED) is 0.470. The molecule has 0 aliphatic rings. The first-order chi connectivity index (χ1) is 8.86. The fourth-order valence-corrected chi connectivity index (χ4v) is 2.21. The molecule has 0 bridgehead atoms. The summed E-state index contributed by atoms with van der Waals surface area (Å²) in [5, 5.41) is 0. The maximum absolute atomic E-state index is 5.44.